The summed E-state index contributed by atoms with van der Waals surface area (Å²) in [6.07, 6.45) is 0. The van der Waals surface area contributed by atoms with Crippen molar-refractivity contribution < 1.29 is 19.6 Å². The number of hydrogen-bond acceptors (Lipinski definition) is 5. The molecule has 25 heavy (non-hydrogen) atoms. The van der Waals surface area contributed by atoms with Crippen LogP contribution in [0.4, 0.5) is 11.4 Å². The van der Waals surface area contributed by atoms with Gasteiger partial charge in [-0.15, -0.1) is 11.3 Å². The Kier molecular flexibility index (Phi) is 4.39. The van der Waals surface area contributed by atoms with Gasteiger partial charge in [-0.25, -0.2) is 4.79 Å². The molecule has 126 valence electrons. The van der Waals surface area contributed by atoms with Crippen molar-refractivity contribution in [2.45, 2.75) is 0 Å². The first-order valence-electron chi connectivity index (χ1n) is 6.88. The molecule has 1 amide bonds. The third-order valence-corrected chi connectivity index (χ3v) is 5.08. The Hall–Kier alpha value is -2.97. The van der Waals surface area contributed by atoms with Crippen LogP contribution in [-0.2, 0) is 0 Å². The summed E-state index contributed by atoms with van der Waals surface area (Å²) in [7, 11) is 0. The van der Waals surface area contributed by atoms with Gasteiger partial charge in [0, 0.05) is 27.9 Å². The second kappa shape index (κ2) is 6.50. The molecule has 0 radical (unpaired) electrons. The number of carboxylic acids is 1. The van der Waals surface area contributed by atoms with Gasteiger partial charge in [-0.05, 0) is 30.3 Å². The quantitative estimate of drug-likeness (QED) is 0.517. The van der Waals surface area contributed by atoms with E-state index in [2.05, 4.69) is 5.32 Å². The van der Waals surface area contributed by atoms with Crippen molar-refractivity contribution >= 4 is 56.3 Å². The number of nitro benzene ring substituents is 1. The van der Waals surface area contributed by atoms with Crippen molar-refractivity contribution in [3.05, 3.63) is 68.0 Å². The number of non-ortho nitro benzene ring substituents is 1. The van der Waals surface area contributed by atoms with Crippen LogP contribution in [0.3, 0.4) is 0 Å². The number of nitro groups is 1. The summed E-state index contributed by atoms with van der Waals surface area (Å²) in [5, 5.41) is 23.1. The number of carbonyl (C=O) groups is 2. The van der Waals surface area contributed by atoms with Crippen molar-refractivity contribution in [1.82, 2.24) is 0 Å². The van der Waals surface area contributed by atoms with Crippen LogP contribution < -0.4 is 5.32 Å². The molecule has 0 saturated heterocycles. The molecule has 0 aliphatic heterocycles. The monoisotopic (exact) mass is 376 g/mol. The highest BCUT2D eigenvalue weighted by molar-refractivity contribution is 7.21. The van der Waals surface area contributed by atoms with Crippen LogP contribution in [0, 0.1) is 10.1 Å². The van der Waals surface area contributed by atoms with Gasteiger partial charge in [-0.3, -0.25) is 14.9 Å². The third kappa shape index (κ3) is 3.30. The number of nitrogens with zero attached hydrogens (tertiary/aromatic N) is 1. The maximum Gasteiger partial charge on any atom is 0.335 e. The molecule has 7 nitrogen and oxygen atoms in total. The normalized spacial score (nSPS) is 10.6. The van der Waals surface area contributed by atoms with Crippen LogP contribution in [0.25, 0.3) is 10.1 Å². The average molecular weight is 377 g/mol. The molecule has 3 rings (SSSR count). The molecule has 0 aliphatic rings. The Balaban J connectivity index is 1.90. The number of halogens is 1. The van der Waals surface area contributed by atoms with Crippen molar-refractivity contribution in [2.24, 2.45) is 0 Å². The van der Waals surface area contributed by atoms with Gasteiger partial charge >= 0.3 is 5.97 Å². The van der Waals surface area contributed by atoms with Crippen LogP contribution in [0.15, 0.2) is 42.5 Å². The number of carboxylic acid groups (broad SMARTS) is 1. The van der Waals surface area contributed by atoms with Crippen molar-refractivity contribution in [2.75, 3.05) is 5.32 Å². The van der Waals surface area contributed by atoms with Gasteiger partial charge < -0.3 is 10.4 Å². The molecule has 0 atom stereocenters. The number of rotatable bonds is 4. The average Bonchev–Trinajstić information content (AvgIpc) is 2.91. The molecular weight excluding hydrogens is 368 g/mol. The minimum atomic E-state index is -1.06. The Morgan fingerprint density at radius 2 is 1.84 bits per heavy atom. The lowest BCUT2D eigenvalue weighted by atomic mass is 10.2. The maximum atomic E-state index is 12.4. The van der Waals surface area contributed by atoms with E-state index in [-0.39, 0.29) is 21.2 Å². The van der Waals surface area contributed by atoms with Gasteiger partial charge in [-0.1, -0.05) is 11.6 Å². The van der Waals surface area contributed by atoms with E-state index in [1.54, 1.807) is 0 Å². The molecule has 0 aliphatic carbocycles. The predicted octanol–water partition coefficient (Wildman–Crippen LogP) is 4.41. The first-order chi connectivity index (χ1) is 11.9. The summed E-state index contributed by atoms with van der Waals surface area (Å²) in [6.45, 7) is 0. The number of thiophene rings is 1. The minimum Gasteiger partial charge on any atom is -0.478 e. The molecule has 0 unspecified atom stereocenters. The number of benzene rings is 2. The zero-order chi connectivity index (χ0) is 18.1. The van der Waals surface area contributed by atoms with E-state index >= 15 is 0 Å². The van der Waals surface area contributed by atoms with Gasteiger partial charge in [0.15, 0.2) is 0 Å². The highest BCUT2D eigenvalue weighted by atomic mass is 35.5. The summed E-state index contributed by atoms with van der Waals surface area (Å²) >= 11 is 7.27. The number of fused-ring (bicyclic) bond motifs is 1. The largest absolute Gasteiger partial charge is 0.478 e. The molecule has 2 aromatic carbocycles. The Morgan fingerprint density at radius 3 is 2.44 bits per heavy atom. The van der Waals surface area contributed by atoms with Crippen LogP contribution in [0.5, 0.6) is 0 Å². The molecule has 0 spiro atoms. The fourth-order valence-corrected chi connectivity index (χ4v) is 3.64. The summed E-state index contributed by atoms with van der Waals surface area (Å²) in [6, 6.07) is 9.87. The standard InChI is InChI=1S/C16H9ClN2O5S/c17-13-11-6-5-10(19(23)24)7-12(11)25-14(13)15(20)18-9-3-1-8(2-4-9)16(21)22/h1-7H,(H,18,20)(H,21,22). The zero-order valence-electron chi connectivity index (χ0n) is 12.4. The van der Waals surface area contributed by atoms with E-state index in [9.17, 15) is 19.7 Å². The predicted molar refractivity (Wildman–Crippen MR) is 94.8 cm³/mol. The molecule has 3 aromatic rings. The van der Waals surface area contributed by atoms with Gasteiger partial charge in [-0.2, -0.15) is 0 Å². The summed E-state index contributed by atoms with van der Waals surface area (Å²) < 4.78 is 0.533. The highest BCUT2D eigenvalue weighted by Gasteiger charge is 2.19. The van der Waals surface area contributed by atoms with E-state index in [1.807, 2.05) is 0 Å². The molecule has 0 bridgehead atoms. The smallest absolute Gasteiger partial charge is 0.335 e. The van der Waals surface area contributed by atoms with Crippen molar-refractivity contribution in [3.63, 3.8) is 0 Å². The van der Waals surface area contributed by atoms with E-state index in [0.29, 0.717) is 15.8 Å². The van der Waals surface area contributed by atoms with Crippen molar-refractivity contribution in [1.29, 1.82) is 0 Å². The Labute approximate surface area is 149 Å². The van der Waals surface area contributed by atoms with E-state index in [4.69, 9.17) is 16.7 Å². The van der Waals surface area contributed by atoms with Crippen molar-refractivity contribution in [3.8, 4) is 0 Å². The summed E-state index contributed by atoms with van der Waals surface area (Å²) in [5.74, 6) is -1.54. The van der Waals surface area contributed by atoms with E-state index in [1.165, 1.54) is 42.5 Å². The Bertz CT molecular complexity index is 1010. The number of aromatic carboxylic acids is 1. The number of nitrogens with one attached hydrogen (secondary N) is 1. The van der Waals surface area contributed by atoms with Crippen LogP contribution in [0.2, 0.25) is 5.02 Å². The fourth-order valence-electron chi connectivity index (χ4n) is 2.20. The summed E-state index contributed by atoms with van der Waals surface area (Å²) in [5.41, 5.74) is 0.432. The first-order valence-corrected chi connectivity index (χ1v) is 8.07. The molecule has 0 fully saturated rings. The lowest BCUT2D eigenvalue weighted by Crippen LogP contribution is -2.10. The first kappa shape index (κ1) is 16.9. The van der Waals surface area contributed by atoms with Crippen LogP contribution >= 0.6 is 22.9 Å². The van der Waals surface area contributed by atoms with Crippen LogP contribution in [0.1, 0.15) is 20.0 Å². The molecule has 1 heterocycles. The second-order valence-corrected chi connectivity index (χ2v) is 6.45. The van der Waals surface area contributed by atoms with Crippen LogP contribution in [-0.4, -0.2) is 21.9 Å². The zero-order valence-corrected chi connectivity index (χ0v) is 13.9. The number of amides is 1. The van der Waals surface area contributed by atoms with Gasteiger partial charge in [0.25, 0.3) is 11.6 Å². The SMILES string of the molecule is O=C(O)c1ccc(NC(=O)c2sc3cc([N+](=O)[O-])ccc3c2Cl)cc1. The number of hydrogen-bond donors (Lipinski definition) is 2. The lowest BCUT2D eigenvalue weighted by Gasteiger charge is -2.04. The molecule has 9 heteroatoms. The third-order valence-electron chi connectivity index (χ3n) is 3.42. The van der Waals surface area contributed by atoms with Gasteiger partial charge in [0.1, 0.15) is 4.88 Å². The van der Waals surface area contributed by atoms with Gasteiger partial charge in [0.2, 0.25) is 0 Å². The molecule has 0 saturated carbocycles. The molecular formula is C16H9ClN2O5S. The Morgan fingerprint density at radius 1 is 1.16 bits per heavy atom. The summed E-state index contributed by atoms with van der Waals surface area (Å²) in [4.78, 5) is 33.8. The molecule has 1 aromatic heterocycles. The lowest BCUT2D eigenvalue weighted by molar-refractivity contribution is -0.384. The van der Waals surface area contributed by atoms with E-state index in [0.717, 1.165) is 11.3 Å². The second-order valence-electron chi connectivity index (χ2n) is 5.02. The fraction of sp³-hybridized carbons (Fsp3) is 0. The molecule has 2 N–H and O–H groups in total. The highest BCUT2D eigenvalue weighted by Crippen LogP contribution is 2.37. The maximum absolute atomic E-state index is 12.4. The minimum absolute atomic E-state index is 0.0818. The number of anilines is 1. The van der Waals surface area contributed by atoms with Gasteiger partial charge in [0.05, 0.1) is 15.5 Å². The topological polar surface area (TPSA) is 110 Å². The number of carbonyl (C=O) groups excluding carboxylic acids is 1. The van der Waals surface area contributed by atoms with E-state index < -0.39 is 16.8 Å².